The van der Waals surface area contributed by atoms with Gasteiger partial charge >= 0.3 is 5.97 Å². The van der Waals surface area contributed by atoms with Gasteiger partial charge in [-0.25, -0.2) is 21.6 Å². The Morgan fingerprint density at radius 3 is 2.07 bits per heavy atom. The molecule has 0 spiro atoms. The summed E-state index contributed by atoms with van der Waals surface area (Å²) in [6.07, 6.45) is 0.826. The molecule has 2 rings (SSSR count). The molecule has 0 aliphatic rings. The van der Waals surface area contributed by atoms with Crippen LogP contribution < -0.4 is 4.72 Å². The van der Waals surface area contributed by atoms with Gasteiger partial charge in [-0.3, -0.25) is 4.72 Å². The maximum atomic E-state index is 12.3. The molecule has 9 heteroatoms. The Hall–Kier alpha value is -2.65. The predicted molar refractivity (Wildman–Crippen MR) is 101 cm³/mol. The molecular weight excluding hydrogens is 390 g/mol. The minimum absolute atomic E-state index is 0.0821. The number of esters is 1. The normalized spacial score (nSPS) is 12.1. The van der Waals surface area contributed by atoms with Crippen LogP contribution in [0.5, 0.6) is 0 Å². The number of sulfonamides is 1. The monoisotopic (exact) mass is 409 g/mol. The summed E-state index contributed by atoms with van der Waals surface area (Å²) in [5.41, 5.74) is 1.14. The minimum atomic E-state index is -3.85. The predicted octanol–water partition coefficient (Wildman–Crippen LogP) is 2.65. The Balaban J connectivity index is 2.17. The molecule has 0 bridgehead atoms. The Morgan fingerprint density at radius 1 is 0.963 bits per heavy atom. The van der Waals surface area contributed by atoms with E-state index in [2.05, 4.69) is 9.46 Å². The first-order chi connectivity index (χ1) is 12.6. The maximum Gasteiger partial charge on any atom is 0.331 e. The lowest BCUT2D eigenvalue weighted by Crippen LogP contribution is -2.13. The van der Waals surface area contributed by atoms with Crippen molar-refractivity contribution in [3.63, 3.8) is 0 Å². The van der Waals surface area contributed by atoms with Crippen LogP contribution in [0.25, 0.3) is 0 Å². The zero-order chi connectivity index (χ0) is 20.1. The van der Waals surface area contributed by atoms with E-state index in [4.69, 9.17) is 0 Å². The summed E-state index contributed by atoms with van der Waals surface area (Å²) in [7, 11) is -7.63. The van der Waals surface area contributed by atoms with Gasteiger partial charge in [-0.05, 0) is 50.2 Å². The van der Waals surface area contributed by atoms with Crippen molar-refractivity contribution in [1.29, 1.82) is 0 Å². The van der Waals surface area contributed by atoms with E-state index in [-0.39, 0.29) is 22.1 Å². The number of anilines is 1. The van der Waals surface area contributed by atoms with E-state index in [1.165, 1.54) is 36.4 Å². The Morgan fingerprint density at radius 2 is 1.52 bits per heavy atom. The fourth-order valence-corrected chi connectivity index (χ4v) is 4.08. The van der Waals surface area contributed by atoms with Crippen LogP contribution in [0.4, 0.5) is 5.69 Å². The van der Waals surface area contributed by atoms with Gasteiger partial charge in [0.05, 0.1) is 16.4 Å². The summed E-state index contributed by atoms with van der Waals surface area (Å²) in [6.45, 7) is 3.59. The highest BCUT2D eigenvalue weighted by Crippen LogP contribution is 2.20. The highest BCUT2D eigenvalue weighted by molar-refractivity contribution is 7.94. The third kappa shape index (κ3) is 5.66. The van der Waals surface area contributed by atoms with Gasteiger partial charge in [0.15, 0.2) is 9.84 Å². The van der Waals surface area contributed by atoms with Gasteiger partial charge in [0, 0.05) is 17.2 Å². The number of hydrogen-bond donors (Lipinski definition) is 1. The molecule has 2 aromatic rings. The van der Waals surface area contributed by atoms with E-state index in [1.54, 1.807) is 19.1 Å². The third-order valence-corrected chi connectivity index (χ3v) is 6.26. The summed E-state index contributed by atoms with van der Waals surface area (Å²) >= 11 is 0. The van der Waals surface area contributed by atoms with Crippen LogP contribution in [0.2, 0.25) is 0 Å². The SMILES string of the molecule is CCOC(=O)C=CS(=O)(=O)c1ccc(NS(=O)(=O)c2ccc(C)cc2)cc1. The first-order valence-electron chi connectivity index (χ1n) is 7.93. The molecule has 0 aromatic heterocycles. The van der Waals surface area contributed by atoms with Crippen LogP contribution in [0.15, 0.2) is 69.8 Å². The summed E-state index contributed by atoms with van der Waals surface area (Å²) in [4.78, 5) is 11.3. The van der Waals surface area contributed by atoms with E-state index in [0.717, 1.165) is 17.0 Å². The van der Waals surface area contributed by atoms with Crippen molar-refractivity contribution in [2.75, 3.05) is 11.3 Å². The molecule has 144 valence electrons. The van der Waals surface area contributed by atoms with Gasteiger partial charge in [-0.15, -0.1) is 0 Å². The summed E-state index contributed by atoms with van der Waals surface area (Å²) in [5.74, 6) is -0.761. The molecule has 27 heavy (non-hydrogen) atoms. The minimum Gasteiger partial charge on any atom is -0.463 e. The van der Waals surface area contributed by atoms with Crippen molar-refractivity contribution in [1.82, 2.24) is 0 Å². The first kappa shape index (κ1) is 20.7. The van der Waals surface area contributed by atoms with Crippen LogP contribution in [-0.2, 0) is 29.4 Å². The van der Waals surface area contributed by atoms with Gasteiger partial charge in [0.25, 0.3) is 10.0 Å². The molecule has 0 radical (unpaired) electrons. The third-order valence-electron chi connectivity index (χ3n) is 3.44. The highest BCUT2D eigenvalue weighted by Gasteiger charge is 2.15. The second kappa shape index (κ2) is 8.36. The number of rotatable bonds is 7. The fraction of sp³-hybridized carbons (Fsp3) is 0.167. The Bertz CT molecular complexity index is 1040. The van der Waals surface area contributed by atoms with Crippen LogP contribution in [0.3, 0.4) is 0 Å². The van der Waals surface area contributed by atoms with Crippen molar-refractivity contribution >= 4 is 31.5 Å². The number of sulfone groups is 1. The number of aryl methyl sites for hydroxylation is 1. The molecule has 0 saturated carbocycles. The van der Waals surface area contributed by atoms with Crippen molar-refractivity contribution in [3.8, 4) is 0 Å². The quantitative estimate of drug-likeness (QED) is 0.557. The van der Waals surface area contributed by atoms with E-state index < -0.39 is 25.8 Å². The highest BCUT2D eigenvalue weighted by atomic mass is 32.2. The van der Waals surface area contributed by atoms with Gasteiger partial charge in [0.2, 0.25) is 0 Å². The molecule has 0 aliphatic heterocycles. The number of nitrogens with one attached hydrogen (secondary N) is 1. The maximum absolute atomic E-state index is 12.3. The summed E-state index contributed by atoms with van der Waals surface area (Å²) in [5, 5.41) is 0.747. The van der Waals surface area contributed by atoms with Crippen molar-refractivity contribution < 1.29 is 26.4 Å². The first-order valence-corrected chi connectivity index (χ1v) is 11.0. The largest absolute Gasteiger partial charge is 0.463 e. The van der Waals surface area contributed by atoms with Crippen LogP contribution in [-0.4, -0.2) is 29.4 Å². The molecule has 2 aromatic carbocycles. The molecular formula is C18H19NO6S2. The number of benzene rings is 2. The topological polar surface area (TPSA) is 107 Å². The van der Waals surface area contributed by atoms with Gasteiger partial charge in [-0.2, -0.15) is 0 Å². The van der Waals surface area contributed by atoms with E-state index in [1.807, 2.05) is 6.92 Å². The molecule has 0 fully saturated rings. The molecule has 0 amide bonds. The average Bonchev–Trinajstić information content (AvgIpc) is 2.61. The van der Waals surface area contributed by atoms with Crippen molar-refractivity contribution in [2.24, 2.45) is 0 Å². The lowest BCUT2D eigenvalue weighted by Gasteiger charge is -2.09. The van der Waals surface area contributed by atoms with Crippen molar-refractivity contribution in [3.05, 3.63) is 65.6 Å². The molecule has 1 N–H and O–H groups in total. The molecule has 0 heterocycles. The van der Waals surface area contributed by atoms with E-state index in [9.17, 15) is 21.6 Å². The lowest BCUT2D eigenvalue weighted by atomic mass is 10.2. The summed E-state index contributed by atoms with van der Waals surface area (Å²) < 4.78 is 56.0. The van der Waals surface area contributed by atoms with Crippen LogP contribution in [0, 0.1) is 6.92 Å². The summed E-state index contributed by atoms with van der Waals surface area (Å²) in [6, 6.07) is 11.5. The second-order valence-corrected chi connectivity index (χ2v) is 9.06. The van der Waals surface area contributed by atoms with Gasteiger partial charge < -0.3 is 4.74 Å². The molecule has 7 nitrogen and oxygen atoms in total. The van der Waals surface area contributed by atoms with Crippen LogP contribution >= 0.6 is 0 Å². The number of carbonyl (C=O) groups is 1. The van der Waals surface area contributed by atoms with E-state index in [0.29, 0.717) is 0 Å². The van der Waals surface area contributed by atoms with Gasteiger partial charge in [-0.1, -0.05) is 17.7 Å². The second-order valence-electron chi connectivity index (χ2n) is 5.54. The van der Waals surface area contributed by atoms with E-state index >= 15 is 0 Å². The van der Waals surface area contributed by atoms with Crippen molar-refractivity contribution in [2.45, 2.75) is 23.6 Å². The van der Waals surface area contributed by atoms with Crippen LogP contribution in [0.1, 0.15) is 12.5 Å². The molecule has 0 saturated heterocycles. The van der Waals surface area contributed by atoms with Gasteiger partial charge in [0.1, 0.15) is 0 Å². The zero-order valence-corrected chi connectivity index (χ0v) is 16.4. The smallest absolute Gasteiger partial charge is 0.331 e. The molecule has 0 aliphatic carbocycles. The Labute approximate surface area is 158 Å². The standard InChI is InChI=1S/C18H19NO6S2/c1-3-25-18(20)12-13-26(21,22)16-10-6-15(7-11-16)19-27(23,24)17-8-4-14(2)5-9-17/h4-13,19H,3H2,1-2H3. The lowest BCUT2D eigenvalue weighted by molar-refractivity contribution is -0.137. The average molecular weight is 409 g/mol. The number of hydrogen-bond acceptors (Lipinski definition) is 6. The number of ether oxygens (including phenoxy) is 1. The number of carbonyl (C=O) groups excluding carboxylic acids is 1. The Kier molecular flexibility index (Phi) is 6.40. The zero-order valence-electron chi connectivity index (χ0n) is 14.7. The fourth-order valence-electron chi connectivity index (χ4n) is 2.06. The molecule has 0 unspecified atom stereocenters. The molecule has 0 atom stereocenters.